The summed E-state index contributed by atoms with van der Waals surface area (Å²) in [4.78, 5) is 4.11. The molecule has 0 radical (unpaired) electrons. The Labute approximate surface area is 108 Å². The Bertz CT molecular complexity index is 561. The average molecular weight is 265 g/mol. The second kappa shape index (κ2) is 5.05. The quantitative estimate of drug-likeness (QED) is 0.902. The molecule has 1 aromatic heterocycles. The van der Waals surface area contributed by atoms with Gasteiger partial charge in [-0.25, -0.2) is 8.78 Å². The Kier molecular flexibility index (Phi) is 3.25. The molecular formula is C13H13F2N3O. The highest BCUT2D eigenvalue weighted by Gasteiger charge is 2.20. The van der Waals surface area contributed by atoms with Crippen molar-refractivity contribution in [2.24, 2.45) is 5.92 Å². The first kappa shape index (κ1) is 12.2. The van der Waals surface area contributed by atoms with Crippen molar-refractivity contribution in [1.29, 1.82) is 0 Å². The van der Waals surface area contributed by atoms with Crippen LogP contribution in [0.5, 0.6) is 0 Å². The van der Waals surface area contributed by atoms with Crippen LogP contribution in [0, 0.1) is 17.6 Å². The molecule has 4 nitrogen and oxygen atoms in total. The van der Waals surface area contributed by atoms with Gasteiger partial charge in [-0.1, -0.05) is 5.16 Å². The number of halogens is 2. The maximum atomic E-state index is 13.1. The highest BCUT2D eigenvalue weighted by molar-refractivity contribution is 5.54. The Hall–Kier alpha value is -1.82. The van der Waals surface area contributed by atoms with E-state index in [4.69, 9.17) is 4.52 Å². The zero-order valence-corrected chi connectivity index (χ0v) is 10.2. The predicted octanol–water partition coefficient (Wildman–Crippen LogP) is 2.51. The van der Waals surface area contributed by atoms with Crippen LogP contribution in [0.15, 0.2) is 22.7 Å². The van der Waals surface area contributed by atoms with E-state index in [9.17, 15) is 8.78 Å². The summed E-state index contributed by atoms with van der Waals surface area (Å²) >= 11 is 0. The van der Waals surface area contributed by atoms with Crippen LogP contribution in [0.1, 0.15) is 18.7 Å². The van der Waals surface area contributed by atoms with E-state index in [-0.39, 0.29) is 11.4 Å². The third-order valence-electron chi connectivity index (χ3n) is 3.00. The van der Waals surface area contributed by atoms with Gasteiger partial charge in [-0.2, -0.15) is 4.98 Å². The van der Waals surface area contributed by atoms with Gasteiger partial charge in [0.2, 0.25) is 11.7 Å². The van der Waals surface area contributed by atoms with E-state index in [1.54, 1.807) is 0 Å². The molecule has 1 heterocycles. The minimum atomic E-state index is -0.659. The van der Waals surface area contributed by atoms with E-state index in [2.05, 4.69) is 15.5 Å². The van der Waals surface area contributed by atoms with Crippen molar-refractivity contribution in [2.45, 2.75) is 19.4 Å². The van der Waals surface area contributed by atoms with E-state index in [0.29, 0.717) is 12.4 Å². The molecule has 1 aliphatic rings. The van der Waals surface area contributed by atoms with Gasteiger partial charge in [0.05, 0.1) is 6.54 Å². The lowest BCUT2D eigenvalue weighted by molar-refractivity contribution is 0.367. The second-order valence-electron chi connectivity index (χ2n) is 4.74. The summed E-state index contributed by atoms with van der Waals surface area (Å²) < 4.78 is 31.2. The summed E-state index contributed by atoms with van der Waals surface area (Å²) in [5, 5.41) is 6.93. The SMILES string of the molecule is Fc1cc(F)cc(-c2noc(CNCC3CC3)n2)c1. The standard InChI is InChI=1S/C13H13F2N3O/c14-10-3-9(4-11(15)5-10)13-17-12(19-18-13)7-16-6-8-1-2-8/h3-5,8,16H,1-2,6-7H2. The van der Waals surface area contributed by atoms with E-state index < -0.39 is 11.6 Å². The molecule has 0 spiro atoms. The van der Waals surface area contributed by atoms with Gasteiger partial charge in [-0.15, -0.1) is 0 Å². The van der Waals surface area contributed by atoms with E-state index in [1.165, 1.54) is 25.0 Å². The van der Waals surface area contributed by atoms with Crippen molar-refractivity contribution < 1.29 is 13.3 Å². The van der Waals surface area contributed by atoms with Crippen LogP contribution in [0.25, 0.3) is 11.4 Å². The van der Waals surface area contributed by atoms with Crippen LogP contribution >= 0.6 is 0 Å². The molecule has 0 atom stereocenters. The zero-order valence-electron chi connectivity index (χ0n) is 10.2. The first-order valence-electron chi connectivity index (χ1n) is 6.20. The van der Waals surface area contributed by atoms with Gasteiger partial charge in [0.1, 0.15) is 11.6 Å². The van der Waals surface area contributed by atoms with Crippen LogP contribution in [-0.4, -0.2) is 16.7 Å². The molecule has 6 heteroatoms. The second-order valence-corrected chi connectivity index (χ2v) is 4.74. The largest absolute Gasteiger partial charge is 0.338 e. The molecule has 0 saturated heterocycles. The lowest BCUT2D eigenvalue weighted by Gasteiger charge is -1.97. The third-order valence-corrected chi connectivity index (χ3v) is 3.00. The Morgan fingerprint density at radius 1 is 1.21 bits per heavy atom. The van der Waals surface area contributed by atoms with Gasteiger partial charge in [-0.05, 0) is 37.4 Å². The van der Waals surface area contributed by atoms with Gasteiger partial charge >= 0.3 is 0 Å². The van der Waals surface area contributed by atoms with Gasteiger partial charge < -0.3 is 9.84 Å². The summed E-state index contributed by atoms with van der Waals surface area (Å²) in [6.07, 6.45) is 2.54. The maximum Gasteiger partial charge on any atom is 0.240 e. The van der Waals surface area contributed by atoms with E-state index in [1.807, 2.05) is 0 Å². The van der Waals surface area contributed by atoms with E-state index >= 15 is 0 Å². The number of hydrogen-bond donors (Lipinski definition) is 1. The summed E-state index contributed by atoms with van der Waals surface area (Å²) in [7, 11) is 0. The summed E-state index contributed by atoms with van der Waals surface area (Å²) in [6.45, 7) is 1.41. The van der Waals surface area contributed by atoms with Gasteiger partial charge in [-0.3, -0.25) is 0 Å². The molecule has 1 saturated carbocycles. The molecule has 2 aromatic rings. The fourth-order valence-electron chi connectivity index (χ4n) is 1.83. The Morgan fingerprint density at radius 2 is 1.95 bits per heavy atom. The van der Waals surface area contributed by atoms with Crippen molar-refractivity contribution in [3.8, 4) is 11.4 Å². The summed E-state index contributed by atoms with van der Waals surface area (Å²) in [5.41, 5.74) is 0.273. The molecule has 0 aliphatic heterocycles. The first-order chi connectivity index (χ1) is 9.20. The fraction of sp³-hybridized carbons (Fsp3) is 0.385. The minimum Gasteiger partial charge on any atom is -0.338 e. The normalized spacial score (nSPS) is 14.8. The van der Waals surface area contributed by atoms with Crippen LogP contribution in [0.4, 0.5) is 8.78 Å². The molecule has 1 fully saturated rings. The first-order valence-corrected chi connectivity index (χ1v) is 6.20. The number of hydrogen-bond acceptors (Lipinski definition) is 4. The summed E-state index contributed by atoms with van der Waals surface area (Å²) in [5.74, 6) is 0.0584. The number of nitrogens with zero attached hydrogens (tertiary/aromatic N) is 2. The molecular weight excluding hydrogens is 252 g/mol. The number of rotatable bonds is 5. The molecule has 3 rings (SSSR count). The van der Waals surface area contributed by atoms with Crippen LogP contribution < -0.4 is 5.32 Å². The highest BCUT2D eigenvalue weighted by atomic mass is 19.1. The molecule has 1 N–H and O–H groups in total. The third kappa shape index (κ3) is 3.14. The van der Waals surface area contributed by atoms with Crippen LogP contribution in [-0.2, 0) is 6.54 Å². The van der Waals surface area contributed by atoms with Crippen molar-refractivity contribution in [3.05, 3.63) is 35.7 Å². The molecule has 0 bridgehead atoms. The smallest absolute Gasteiger partial charge is 0.240 e. The minimum absolute atomic E-state index is 0.196. The lowest BCUT2D eigenvalue weighted by atomic mass is 10.2. The van der Waals surface area contributed by atoms with Gasteiger partial charge in [0.15, 0.2) is 0 Å². The molecule has 1 aliphatic carbocycles. The van der Waals surface area contributed by atoms with Crippen molar-refractivity contribution in [2.75, 3.05) is 6.54 Å². The highest BCUT2D eigenvalue weighted by Crippen LogP contribution is 2.27. The molecule has 0 unspecified atom stereocenters. The predicted molar refractivity (Wildman–Crippen MR) is 64.1 cm³/mol. The number of aromatic nitrogens is 2. The monoisotopic (exact) mass is 265 g/mol. The Morgan fingerprint density at radius 3 is 2.63 bits per heavy atom. The molecule has 0 amide bonds. The fourth-order valence-corrected chi connectivity index (χ4v) is 1.83. The van der Waals surface area contributed by atoms with Crippen LogP contribution in [0.3, 0.4) is 0 Å². The topological polar surface area (TPSA) is 51.0 Å². The lowest BCUT2D eigenvalue weighted by Crippen LogP contribution is -2.16. The van der Waals surface area contributed by atoms with Crippen molar-refractivity contribution in [1.82, 2.24) is 15.5 Å². The Balaban J connectivity index is 1.68. The molecule has 19 heavy (non-hydrogen) atoms. The molecule has 100 valence electrons. The number of nitrogens with one attached hydrogen (secondary N) is 1. The maximum absolute atomic E-state index is 13.1. The zero-order chi connectivity index (χ0) is 13.2. The molecule has 1 aromatic carbocycles. The van der Waals surface area contributed by atoms with Gasteiger partial charge in [0.25, 0.3) is 0 Å². The van der Waals surface area contributed by atoms with Crippen LogP contribution in [0.2, 0.25) is 0 Å². The summed E-state index contributed by atoms with van der Waals surface area (Å²) in [6, 6.07) is 3.16. The average Bonchev–Trinajstić information content (AvgIpc) is 3.04. The number of benzene rings is 1. The van der Waals surface area contributed by atoms with E-state index in [0.717, 1.165) is 18.5 Å². The van der Waals surface area contributed by atoms with Crippen molar-refractivity contribution >= 4 is 0 Å². The van der Waals surface area contributed by atoms with Gasteiger partial charge in [0, 0.05) is 11.6 Å². The van der Waals surface area contributed by atoms with Crippen molar-refractivity contribution in [3.63, 3.8) is 0 Å².